The standard InChI is InChI=1S/C7H13N3O2/c1-4(8)10-5(7(9)12)2-3-6(10)11/h4-5H,2-3,8H2,1H3,(H2,9,12). The predicted molar refractivity (Wildman–Crippen MR) is 42.7 cm³/mol. The Morgan fingerprint density at radius 2 is 2.33 bits per heavy atom. The summed E-state index contributed by atoms with van der Waals surface area (Å²) in [6, 6.07) is -0.502. The topological polar surface area (TPSA) is 89.4 Å². The number of nitrogens with two attached hydrogens (primary N) is 2. The number of primary amides is 1. The minimum atomic E-state index is -0.502. The van der Waals surface area contributed by atoms with E-state index in [2.05, 4.69) is 0 Å². The molecule has 1 aliphatic heterocycles. The van der Waals surface area contributed by atoms with E-state index in [9.17, 15) is 9.59 Å². The molecule has 0 aromatic heterocycles. The first-order valence-electron chi connectivity index (χ1n) is 3.90. The van der Waals surface area contributed by atoms with Crippen molar-refractivity contribution in [2.24, 2.45) is 11.5 Å². The number of amides is 2. The molecular weight excluding hydrogens is 158 g/mol. The van der Waals surface area contributed by atoms with Gasteiger partial charge < -0.3 is 16.4 Å². The lowest BCUT2D eigenvalue weighted by Gasteiger charge is -2.25. The summed E-state index contributed by atoms with van der Waals surface area (Å²) in [5.74, 6) is -0.563. The van der Waals surface area contributed by atoms with Crippen LogP contribution in [-0.2, 0) is 9.59 Å². The van der Waals surface area contributed by atoms with Crippen molar-refractivity contribution in [2.45, 2.75) is 32.0 Å². The van der Waals surface area contributed by atoms with E-state index in [1.54, 1.807) is 6.92 Å². The van der Waals surface area contributed by atoms with Gasteiger partial charge in [0.1, 0.15) is 6.04 Å². The summed E-state index contributed by atoms with van der Waals surface area (Å²) in [5, 5.41) is 0. The predicted octanol–water partition coefficient (Wildman–Crippen LogP) is -1.23. The van der Waals surface area contributed by atoms with Crippen LogP contribution < -0.4 is 11.5 Å². The molecule has 1 aliphatic rings. The van der Waals surface area contributed by atoms with Gasteiger partial charge in [-0.25, -0.2) is 0 Å². The van der Waals surface area contributed by atoms with Crippen LogP contribution in [0.1, 0.15) is 19.8 Å². The fourth-order valence-corrected chi connectivity index (χ4v) is 1.49. The number of carbonyl (C=O) groups is 2. The van der Waals surface area contributed by atoms with Crippen molar-refractivity contribution < 1.29 is 9.59 Å². The van der Waals surface area contributed by atoms with Crippen LogP contribution in [0.5, 0.6) is 0 Å². The van der Waals surface area contributed by atoms with E-state index in [-0.39, 0.29) is 5.91 Å². The van der Waals surface area contributed by atoms with Crippen LogP contribution in [0, 0.1) is 0 Å². The summed E-state index contributed by atoms with van der Waals surface area (Å²) in [6.45, 7) is 1.67. The van der Waals surface area contributed by atoms with E-state index < -0.39 is 18.1 Å². The Kier molecular flexibility index (Phi) is 2.32. The molecule has 5 nitrogen and oxygen atoms in total. The van der Waals surface area contributed by atoms with Gasteiger partial charge in [-0.3, -0.25) is 9.59 Å². The van der Waals surface area contributed by atoms with Gasteiger partial charge in [-0.2, -0.15) is 0 Å². The Balaban J connectivity index is 2.77. The Hall–Kier alpha value is -1.10. The molecule has 1 fully saturated rings. The molecule has 12 heavy (non-hydrogen) atoms. The molecule has 0 saturated carbocycles. The molecule has 2 amide bonds. The maximum Gasteiger partial charge on any atom is 0.240 e. The number of nitrogens with zero attached hydrogens (tertiary/aromatic N) is 1. The average molecular weight is 171 g/mol. The minimum absolute atomic E-state index is 0.0891. The van der Waals surface area contributed by atoms with Crippen LogP contribution in [0.15, 0.2) is 0 Å². The highest BCUT2D eigenvalue weighted by Crippen LogP contribution is 2.19. The van der Waals surface area contributed by atoms with Gasteiger partial charge in [0.2, 0.25) is 11.8 Å². The van der Waals surface area contributed by atoms with Crippen molar-refractivity contribution >= 4 is 11.8 Å². The van der Waals surface area contributed by atoms with Crippen molar-refractivity contribution in [3.05, 3.63) is 0 Å². The average Bonchev–Trinajstić information content (AvgIpc) is 2.30. The van der Waals surface area contributed by atoms with E-state index in [1.165, 1.54) is 4.90 Å². The summed E-state index contributed by atoms with van der Waals surface area (Å²) in [6.07, 6.45) is 0.433. The van der Waals surface area contributed by atoms with E-state index in [0.717, 1.165) is 0 Å². The molecule has 1 saturated heterocycles. The number of rotatable bonds is 2. The Morgan fingerprint density at radius 3 is 2.67 bits per heavy atom. The van der Waals surface area contributed by atoms with Gasteiger partial charge in [0, 0.05) is 6.42 Å². The lowest BCUT2D eigenvalue weighted by Crippen LogP contribution is -2.50. The molecule has 68 valence electrons. The summed E-state index contributed by atoms with van der Waals surface area (Å²) in [7, 11) is 0. The summed E-state index contributed by atoms with van der Waals surface area (Å²) in [5.41, 5.74) is 10.6. The molecule has 1 heterocycles. The fraction of sp³-hybridized carbons (Fsp3) is 0.714. The smallest absolute Gasteiger partial charge is 0.240 e. The molecule has 4 N–H and O–H groups in total. The van der Waals surface area contributed by atoms with Gasteiger partial charge in [0.15, 0.2) is 0 Å². The van der Waals surface area contributed by atoms with Crippen LogP contribution in [0.3, 0.4) is 0 Å². The lowest BCUT2D eigenvalue weighted by molar-refractivity contribution is -0.135. The second kappa shape index (κ2) is 3.10. The largest absolute Gasteiger partial charge is 0.368 e. The molecule has 0 aliphatic carbocycles. The molecule has 0 spiro atoms. The normalized spacial score (nSPS) is 26.0. The van der Waals surface area contributed by atoms with Crippen LogP contribution in [0.4, 0.5) is 0 Å². The third-order valence-corrected chi connectivity index (χ3v) is 2.02. The van der Waals surface area contributed by atoms with Crippen molar-refractivity contribution in [1.82, 2.24) is 4.90 Å². The third-order valence-electron chi connectivity index (χ3n) is 2.02. The number of hydrogen-bond donors (Lipinski definition) is 2. The highest BCUT2D eigenvalue weighted by molar-refractivity contribution is 5.90. The number of carbonyl (C=O) groups excluding carboxylic acids is 2. The highest BCUT2D eigenvalue weighted by Gasteiger charge is 2.36. The second-order valence-corrected chi connectivity index (χ2v) is 3.00. The van der Waals surface area contributed by atoms with Crippen LogP contribution >= 0.6 is 0 Å². The highest BCUT2D eigenvalue weighted by atomic mass is 16.2. The fourth-order valence-electron chi connectivity index (χ4n) is 1.49. The van der Waals surface area contributed by atoms with E-state index in [1.807, 2.05) is 0 Å². The number of hydrogen-bond acceptors (Lipinski definition) is 3. The first kappa shape index (κ1) is 8.99. The van der Waals surface area contributed by atoms with Crippen molar-refractivity contribution in [3.63, 3.8) is 0 Å². The van der Waals surface area contributed by atoms with Crippen LogP contribution in [-0.4, -0.2) is 28.9 Å². The van der Waals surface area contributed by atoms with Gasteiger partial charge >= 0.3 is 0 Å². The van der Waals surface area contributed by atoms with Crippen molar-refractivity contribution in [1.29, 1.82) is 0 Å². The molecule has 1 rings (SSSR count). The second-order valence-electron chi connectivity index (χ2n) is 3.00. The molecule has 2 unspecified atom stereocenters. The summed E-state index contributed by atoms with van der Waals surface area (Å²) < 4.78 is 0. The molecule has 0 aromatic carbocycles. The monoisotopic (exact) mass is 171 g/mol. The zero-order valence-electron chi connectivity index (χ0n) is 6.99. The van der Waals surface area contributed by atoms with Crippen LogP contribution in [0.2, 0.25) is 0 Å². The maximum atomic E-state index is 11.2. The molecule has 2 atom stereocenters. The molecule has 0 radical (unpaired) electrons. The first-order valence-corrected chi connectivity index (χ1v) is 3.90. The SMILES string of the molecule is CC(N)N1C(=O)CCC1C(N)=O. The molecule has 0 bridgehead atoms. The van der Waals surface area contributed by atoms with E-state index in [0.29, 0.717) is 12.8 Å². The molecule has 5 heteroatoms. The third kappa shape index (κ3) is 1.40. The van der Waals surface area contributed by atoms with Gasteiger partial charge in [-0.05, 0) is 13.3 Å². The van der Waals surface area contributed by atoms with Crippen LogP contribution in [0.25, 0.3) is 0 Å². The van der Waals surface area contributed by atoms with Crippen molar-refractivity contribution in [2.75, 3.05) is 0 Å². The quantitative estimate of drug-likeness (QED) is 0.545. The minimum Gasteiger partial charge on any atom is -0.368 e. The number of likely N-dealkylation sites (tertiary alicyclic amines) is 1. The zero-order chi connectivity index (χ0) is 9.30. The first-order chi connectivity index (χ1) is 5.54. The van der Waals surface area contributed by atoms with Gasteiger partial charge in [-0.1, -0.05) is 0 Å². The molecule has 0 aromatic rings. The Morgan fingerprint density at radius 1 is 1.75 bits per heavy atom. The van der Waals surface area contributed by atoms with Crippen molar-refractivity contribution in [3.8, 4) is 0 Å². The zero-order valence-corrected chi connectivity index (χ0v) is 6.99. The van der Waals surface area contributed by atoms with Gasteiger partial charge in [-0.15, -0.1) is 0 Å². The summed E-state index contributed by atoms with van der Waals surface area (Å²) >= 11 is 0. The summed E-state index contributed by atoms with van der Waals surface area (Å²) in [4.78, 5) is 23.4. The Bertz CT molecular complexity index is 215. The van der Waals surface area contributed by atoms with Gasteiger partial charge in [0.25, 0.3) is 0 Å². The molecular formula is C7H13N3O2. The van der Waals surface area contributed by atoms with Gasteiger partial charge in [0.05, 0.1) is 6.17 Å². The van der Waals surface area contributed by atoms with E-state index >= 15 is 0 Å². The van der Waals surface area contributed by atoms with E-state index in [4.69, 9.17) is 11.5 Å². The lowest BCUT2D eigenvalue weighted by atomic mass is 10.2. The maximum absolute atomic E-state index is 11.2. The Labute approximate surface area is 70.7 Å².